The molecule has 1 heterocycles. The predicted octanol–water partition coefficient (Wildman–Crippen LogP) is 5.15. The molecular weight excluding hydrogens is 401 g/mol. The molecule has 100 valence electrons. The molecule has 2 aromatic rings. The molecular formula is C13H10Cl2FIN2. The van der Waals surface area contributed by atoms with Crippen molar-refractivity contribution < 1.29 is 4.39 Å². The molecule has 0 saturated carbocycles. The molecule has 6 heteroatoms. The van der Waals surface area contributed by atoms with E-state index < -0.39 is 0 Å². The number of hydrogen-bond acceptors (Lipinski definition) is 2. The van der Waals surface area contributed by atoms with Crippen LogP contribution in [0.2, 0.25) is 10.2 Å². The van der Waals surface area contributed by atoms with Gasteiger partial charge in [-0.2, -0.15) is 0 Å². The van der Waals surface area contributed by atoms with Crippen molar-refractivity contribution in [3.8, 4) is 11.4 Å². The smallest absolute Gasteiger partial charge is 0.162 e. The summed E-state index contributed by atoms with van der Waals surface area (Å²) in [5.74, 6) is 0.0398. The fourth-order valence-corrected chi connectivity index (χ4v) is 2.61. The lowest BCUT2D eigenvalue weighted by Gasteiger charge is -2.08. The van der Waals surface area contributed by atoms with Crippen LogP contribution < -0.4 is 0 Å². The molecule has 0 N–H and O–H groups in total. The highest BCUT2D eigenvalue weighted by Crippen LogP contribution is 2.29. The van der Waals surface area contributed by atoms with Gasteiger partial charge in [-0.3, -0.25) is 0 Å². The largest absolute Gasteiger partial charge is 0.232 e. The van der Waals surface area contributed by atoms with Gasteiger partial charge in [0.25, 0.3) is 0 Å². The fraction of sp³-hybridized carbons (Fsp3) is 0.231. The highest BCUT2D eigenvalue weighted by atomic mass is 127. The van der Waals surface area contributed by atoms with Gasteiger partial charge in [0, 0.05) is 5.56 Å². The first kappa shape index (κ1) is 14.9. The monoisotopic (exact) mass is 410 g/mol. The van der Waals surface area contributed by atoms with Gasteiger partial charge in [-0.1, -0.05) is 36.5 Å². The molecule has 0 aliphatic heterocycles. The van der Waals surface area contributed by atoms with Gasteiger partial charge >= 0.3 is 0 Å². The van der Waals surface area contributed by atoms with Gasteiger partial charge in [0.2, 0.25) is 0 Å². The molecule has 2 rings (SSSR count). The zero-order valence-electron chi connectivity index (χ0n) is 10.1. The Labute approximate surface area is 134 Å². The van der Waals surface area contributed by atoms with Crippen molar-refractivity contribution in [3.05, 3.63) is 43.5 Å². The zero-order valence-corrected chi connectivity index (χ0v) is 13.7. The first-order chi connectivity index (χ1) is 9.02. The van der Waals surface area contributed by atoms with Crippen molar-refractivity contribution in [2.24, 2.45) is 0 Å². The van der Waals surface area contributed by atoms with Crippen molar-refractivity contribution in [1.29, 1.82) is 0 Å². The number of halogens is 4. The second kappa shape index (κ2) is 6.33. The molecule has 0 aliphatic carbocycles. The topological polar surface area (TPSA) is 25.8 Å². The second-order valence-corrected chi connectivity index (χ2v) is 5.82. The Balaban J connectivity index is 2.56. The van der Waals surface area contributed by atoms with Gasteiger partial charge in [-0.25, -0.2) is 14.4 Å². The lowest BCUT2D eigenvalue weighted by molar-refractivity contribution is 0.628. The van der Waals surface area contributed by atoms with Crippen LogP contribution in [-0.4, -0.2) is 9.97 Å². The summed E-state index contributed by atoms with van der Waals surface area (Å²) in [6.45, 7) is 2.07. The van der Waals surface area contributed by atoms with Gasteiger partial charge in [0.05, 0.1) is 14.3 Å². The summed E-state index contributed by atoms with van der Waals surface area (Å²) in [4.78, 5) is 8.69. The number of hydrogen-bond donors (Lipinski definition) is 0. The van der Waals surface area contributed by atoms with Crippen molar-refractivity contribution in [3.63, 3.8) is 0 Å². The molecule has 19 heavy (non-hydrogen) atoms. The summed E-state index contributed by atoms with van der Waals surface area (Å²) in [7, 11) is 0. The standard InChI is InChI=1S/C13H10Cl2FIN2/c1-2-3-10-11(17)12(15)19-13(18-10)8-5-4-7(16)6-9(8)14/h4-6H,2-3H2,1H3. The van der Waals surface area contributed by atoms with Crippen LogP contribution in [0.3, 0.4) is 0 Å². The van der Waals surface area contributed by atoms with E-state index in [1.165, 1.54) is 12.1 Å². The van der Waals surface area contributed by atoms with E-state index in [2.05, 4.69) is 39.5 Å². The van der Waals surface area contributed by atoms with Gasteiger partial charge < -0.3 is 0 Å². The third-order valence-electron chi connectivity index (χ3n) is 2.54. The summed E-state index contributed by atoms with van der Waals surface area (Å²) in [6.07, 6.45) is 1.77. The van der Waals surface area contributed by atoms with E-state index in [0.717, 1.165) is 22.1 Å². The van der Waals surface area contributed by atoms with Crippen molar-refractivity contribution in [2.45, 2.75) is 19.8 Å². The van der Waals surface area contributed by atoms with Gasteiger partial charge in [0.1, 0.15) is 11.0 Å². The average Bonchev–Trinajstić information content (AvgIpc) is 2.35. The molecule has 0 spiro atoms. The number of nitrogens with zero attached hydrogens (tertiary/aromatic N) is 2. The van der Waals surface area contributed by atoms with E-state index in [4.69, 9.17) is 23.2 Å². The number of rotatable bonds is 3. The van der Waals surface area contributed by atoms with E-state index in [1.807, 2.05) is 0 Å². The SMILES string of the molecule is CCCc1nc(-c2ccc(F)cc2Cl)nc(Cl)c1I. The van der Waals surface area contributed by atoms with Crippen molar-refractivity contribution in [1.82, 2.24) is 9.97 Å². The summed E-state index contributed by atoms with van der Waals surface area (Å²) in [5.41, 5.74) is 1.47. The Morgan fingerprint density at radius 1 is 1.26 bits per heavy atom. The van der Waals surface area contributed by atoms with E-state index in [-0.39, 0.29) is 10.8 Å². The maximum atomic E-state index is 13.1. The first-order valence-corrected chi connectivity index (χ1v) is 7.53. The van der Waals surface area contributed by atoms with Crippen molar-refractivity contribution in [2.75, 3.05) is 0 Å². The zero-order chi connectivity index (χ0) is 14.0. The maximum absolute atomic E-state index is 13.1. The predicted molar refractivity (Wildman–Crippen MR) is 84.2 cm³/mol. The lowest BCUT2D eigenvalue weighted by Crippen LogP contribution is -2.01. The minimum absolute atomic E-state index is 0.278. The molecule has 0 atom stereocenters. The third-order valence-corrected chi connectivity index (χ3v) is 4.58. The Bertz CT molecular complexity index is 620. The van der Waals surface area contributed by atoms with Gasteiger partial charge in [-0.05, 0) is 47.2 Å². The molecule has 0 fully saturated rings. The number of aryl methyl sites for hydroxylation is 1. The Morgan fingerprint density at radius 3 is 2.63 bits per heavy atom. The van der Waals surface area contributed by atoms with Crippen LogP contribution in [0, 0.1) is 9.39 Å². The molecule has 0 amide bonds. The van der Waals surface area contributed by atoms with Crippen LogP contribution >= 0.6 is 45.8 Å². The van der Waals surface area contributed by atoms with Crippen molar-refractivity contribution >= 4 is 45.8 Å². The molecule has 0 unspecified atom stereocenters. The van der Waals surface area contributed by atoms with Crippen LogP contribution in [0.4, 0.5) is 4.39 Å². The second-order valence-electron chi connectivity index (χ2n) is 3.97. The van der Waals surface area contributed by atoms with Crippen LogP contribution in [0.1, 0.15) is 19.0 Å². The van der Waals surface area contributed by atoms with Crippen LogP contribution in [0.5, 0.6) is 0 Å². The minimum Gasteiger partial charge on any atom is -0.232 e. The third kappa shape index (κ3) is 3.35. The fourth-order valence-electron chi connectivity index (χ4n) is 1.66. The summed E-state index contributed by atoms with van der Waals surface area (Å²) in [6, 6.07) is 4.13. The highest BCUT2D eigenvalue weighted by Gasteiger charge is 2.14. The van der Waals surface area contributed by atoms with Crippen LogP contribution in [0.15, 0.2) is 18.2 Å². The summed E-state index contributed by atoms with van der Waals surface area (Å²) in [5, 5.41) is 0.675. The van der Waals surface area contributed by atoms with E-state index >= 15 is 0 Å². The van der Waals surface area contributed by atoms with Crippen LogP contribution in [0.25, 0.3) is 11.4 Å². The molecule has 0 bridgehead atoms. The van der Waals surface area contributed by atoms with Gasteiger partial charge in [-0.15, -0.1) is 0 Å². The van der Waals surface area contributed by atoms with E-state index in [9.17, 15) is 4.39 Å². The molecule has 1 aromatic carbocycles. The highest BCUT2D eigenvalue weighted by molar-refractivity contribution is 14.1. The molecule has 0 radical (unpaired) electrons. The summed E-state index contributed by atoms with van der Waals surface area (Å²) >= 11 is 14.3. The molecule has 0 saturated heterocycles. The maximum Gasteiger partial charge on any atom is 0.162 e. The van der Waals surface area contributed by atoms with Crippen LogP contribution in [-0.2, 0) is 6.42 Å². The number of benzene rings is 1. The Hall–Kier alpha value is -0.460. The van der Waals surface area contributed by atoms with E-state index in [1.54, 1.807) is 6.07 Å². The first-order valence-electron chi connectivity index (χ1n) is 5.70. The molecule has 0 aliphatic rings. The number of aromatic nitrogens is 2. The van der Waals surface area contributed by atoms with E-state index in [0.29, 0.717) is 16.5 Å². The quantitative estimate of drug-likeness (QED) is 0.516. The normalized spacial score (nSPS) is 10.8. The molecule has 1 aromatic heterocycles. The average molecular weight is 411 g/mol. The van der Waals surface area contributed by atoms with Gasteiger partial charge in [0.15, 0.2) is 5.82 Å². The minimum atomic E-state index is -0.390. The Kier molecular flexibility index (Phi) is 4.97. The summed E-state index contributed by atoms with van der Waals surface area (Å²) < 4.78 is 13.9. The molecule has 2 nitrogen and oxygen atoms in total. The lowest BCUT2D eigenvalue weighted by atomic mass is 10.2. The Morgan fingerprint density at radius 2 is 2.00 bits per heavy atom.